The average molecular weight is 268 g/mol. The number of quaternary nitrogens is 1. The minimum Gasteiger partial charge on any atom is -0.547 e. The Morgan fingerprint density at radius 3 is 2.32 bits per heavy atom. The lowest BCUT2D eigenvalue weighted by atomic mass is 10.2. The van der Waals surface area contributed by atoms with Crippen LogP contribution in [0.4, 0.5) is 11.4 Å². The van der Waals surface area contributed by atoms with Crippen molar-refractivity contribution >= 4 is 29.7 Å². The molecule has 0 fully saturated rings. The van der Waals surface area contributed by atoms with Crippen LogP contribution in [0.1, 0.15) is 0 Å². The molecule has 2 atom stereocenters. The number of carboxylic acids is 2. The fourth-order valence-electron chi connectivity index (χ4n) is 1.21. The molecule has 1 aromatic carbocycles. The number of hydrogen-bond acceptors (Lipinski definition) is 6. The van der Waals surface area contributed by atoms with Gasteiger partial charge in [0.2, 0.25) is 0 Å². The van der Waals surface area contributed by atoms with Gasteiger partial charge in [-0.25, -0.2) is 4.79 Å². The summed E-state index contributed by atoms with van der Waals surface area (Å²) in [6.45, 7) is 0. The van der Waals surface area contributed by atoms with Crippen molar-refractivity contribution in [3.63, 3.8) is 0 Å². The monoisotopic (exact) mass is 268 g/mol. The average Bonchev–Trinajstić information content (AvgIpc) is 2.85. The maximum atomic E-state index is 9.74. The zero-order chi connectivity index (χ0) is 14.4. The first kappa shape index (κ1) is 14.8. The largest absolute Gasteiger partial charge is 0.547 e. The van der Waals surface area contributed by atoms with E-state index in [0.717, 1.165) is 5.69 Å². The zero-order valence-electron chi connectivity index (χ0n) is 9.63. The number of aliphatic carboxylic acids is 2. The molecule has 1 aliphatic heterocycles. The van der Waals surface area contributed by atoms with Gasteiger partial charge >= 0.3 is 5.97 Å². The third kappa shape index (κ3) is 4.14. The van der Waals surface area contributed by atoms with E-state index in [0.29, 0.717) is 0 Å². The Bertz CT molecular complexity index is 484. The highest BCUT2D eigenvalue weighted by Crippen LogP contribution is 2.20. The Labute approximate surface area is 107 Å². The van der Waals surface area contributed by atoms with Gasteiger partial charge in [0, 0.05) is 6.07 Å². The van der Waals surface area contributed by atoms with E-state index in [1.165, 1.54) is 5.69 Å². The van der Waals surface area contributed by atoms with Crippen molar-refractivity contribution in [1.82, 2.24) is 0 Å². The lowest BCUT2D eigenvalue weighted by molar-refractivity contribution is -0.427. The summed E-state index contributed by atoms with van der Waals surface area (Å²) in [5.41, 5.74) is 2.30. The van der Waals surface area contributed by atoms with Crippen LogP contribution >= 0.6 is 0 Å². The van der Waals surface area contributed by atoms with Crippen molar-refractivity contribution in [2.75, 3.05) is 0 Å². The van der Waals surface area contributed by atoms with Gasteiger partial charge in [0.05, 0.1) is 5.97 Å². The van der Waals surface area contributed by atoms with Crippen LogP contribution in [0.15, 0.2) is 29.3 Å². The molecular formula is C11H12N2O6. The molecule has 0 aliphatic carbocycles. The fraction of sp³-hybridized carbons (Fsp3) is 0.182. The van der Waals surface area contributed by atoms with E-state index in [1.807, 2.05) is 29.9 Å². The number of aliphatic hydroxyl groups excluding tert-OH is 2. The van der Waals surface area contributed by atoms with Crippen LogP contribution in [-0.4, -0.2) is 45.8 Å². The molecule has 19 heavy (non-hydrogen) atoms. The third-order valence-corrected chi connectivity index (χ3v) is 2.20. The molecule has 0 saturated carbocycles. The van der Waals surface area contributed by atoms with Crippen LogP contribution in [0.3, 0.4) is 0 Å². The molecule has 0 aromatic heterocycles. The van der Waals surface area contributed by atoms with Crippen molar-refractivity contribution in [2.24, 2.45) is 4.99 Å². The normalized spacial score (nSPS) is 14.8. The lowest BCUT2D eigenvalue weighted by Gasteiger charge is -2.13. The van der Waals surface area contributed by atoms with E-state index in [4.69, 9.17) is 15.3 Å². The fourth-order valence-corrected chi connectivity index (χ4v) is 1.21. The topological polar surface area (TPSA) is 147 Å². The van der Waals surface area contributed by atoms with Gasteiger partial charge in [0.1, 0.15) is 11.8 Å². The number of aliphatic imine (C=N–C) groups is 1. The minimum absolute atomic E-state index is 1.08. The Morgan fingerprint density at radius 2 is 1.84 bits per heavy atom. The highest BCUT2D eigenvalue weighted by molar-refractivity contribution is 5.82. The number of nitrogens with zero attached hydrogens (tertiary/aromatic N) is 1. The van der Waals surface area contributed by atoms with Crippen molar-refractivity contribution in [2.45, 2.75) is 12.2 Å². The van der Waals surface area contributed by atoms with Crippen molar-refractivity contribution < 1.29 is 35.3 Å². The first-order valence-corrected chi connectivity index (χ1v) is 5.19. The summed E-state index contributed by atoms with van der Waals surface area (Å²) in [6, 6.07) is 8.08. The summed E-state index contributed by atoms with van der Waals surface area (Å²) in [5.74, 6) is -3.83. The Balaban J connectivity index is 0.000000190. The van der Waals surface area contributed by atoms with Crippen LogP contribution < -0.4 is 10.4 Å². The van der Waals surface area contributed by atoms with Gasteiger partial charge in [-0.3, -0.25) is 5.32 Å². The molecule has 0 spiro atoms. The maximum Gasteiger partial charge on any atom is 0.335 e. The SMILES string of the molecule is C1=Nc2ccccc2[NH2+]1.O=C([O-])[C@H](O)[C@@H](O)C(=O)O. The minimum atomic E-state index is -2.38. The predicted octanol–water partition coefficient (Wildman–Crippen LogP) is -2.90. The molecule has 0 bridgehead atoms. The molecule has 0 radical (unpaired) electrons. The molecular weight excluding hydrogens is 256 g/mol. The third-order valence-electron chi connectivity index (χ3n) is 2.20. The van der Waals surface area contributed by atoms with Gasteiger partial charge in [-0.1, -0.05) is 12.1 Å². The first-order valence-electron chi connectivity index (χ1n) is 5.19. The second-order valence-corrected chi connectivity index (χ2v) is 3.55. The van der Waals surface area contributed by atoms with E-state index in [9.17, 15) is 14.7 Å². The summed E-state index contributed by atoms with van der Waals surface area (Å²) in [4.78, 5) is 23.5. The summed E-state index contributed by atoms with van der Waals surface area (Å²) in [6.07, 6.45) is -2.88. The quantitative estimate of drug-likeness (QED) is 0.432. The first-order chi connectivity index (χ1) is 8.93. The molecule has 1 heterocycles. The number of aliphatic hydroxyl groups is 2. The van der Waals surface area contributed by atoms with Crippen molar-refractivity contribution in [3.8, 4) is 0 Å². The van der Waals surface area contributed by atoms with Gasteiger partial charge in [-0.15, -0.1) is 0 Å². The van der Waals surface area contributed by atoms with E-state index < -0.39 is 24.1 Å². The number of carbonyl (C=O) groups excluding carboxylic acids is 1. The van der Waals surface area contributed by atoms with Crippen LogP contribution in [0.5, 0.6) is 0 Å². The molecule has 0 saturated heterocycles. The van der Waals surface area contributed by atoms with E-state index >= 15 is 0 Å². The van der Waals surface area contributed by atoms with Crippen LogP contribution in [-0.2, 0) is 9.59 Å². The Hall–Kier alpha value is -2.29. The van der Waals surface area contributed by atoms with E-state index in [2.05, 4.69) is 11.1 Å². The number of hydrogen-bond donors (Lipinski definition) is 4. The number of benzene rings is 1. The Kier molecular flexibility index (Phi) is 5.12. The number of fused-ring (bicyclic) bond motifs is 1. The highest BCUT2D eigenvalue weighted by Gasteiger charge is 2.23. The number of carbonyl (C=O) groups is 2. The molecule has 102 valence electrons. The summed E-state index contributed by atoms with van der Waals surface area (Å²) >= 11 is 0. The molecule has 0 amide bonds. The van der Waals surface area contributed by atoms with Crippen molar-refractivity contribution in [1.29, 1.82) is 0 Å². The predicted molar refractivity (Wildman–Crippen MR) is 60.8 cm³/mol. The number of rotatable bonds is 3. The van der Waals surface area contributed by atoms with Crippen LogP contribution in [0, 0.1) is 0 Å². The molecule has 2 rings (SSSR count). The van der Waals surface area contributed by atoms with Gasteiger partial charge in [-0.2, -0.15) is 4.99 Å². The van der Waals surface area contributed by atoms with E-state index in [-0.39, 0.29) is 0 Å². The molecule has 8 heteroatoms. The second kappa shape index (κ2) is 6.59. The van der Waals surface area contributed by atoms with E-state index in [1.54, 1.807) is 0 Å². The number of carboxylic acid groups (broad SMARTS) is 2. The van der Waals surface area contributed by atoms with Gasteiger partial charge in [0.15, 0.2) is 18.1 Å². The molecule has 1 aromatic rings. The summed E-state index contributed by atoms with van der Waals surface area (Å²) in [5, 5.41) is 36.1. The van der Waals surface area contributed by atoms with Gasteiger partial charge < -0.3 is 25.2 Å². The zero-order valence-corrected chi connectivity index (χ0v) is 9.63. The molecule has 8 nitrogen and oxygen atoms in total. The molecule has 0 unspecified atom stereocenters. The maximum absolute atomic E-state index is 9.74. The molecule has 5 N–H and O–H groups in total. The summed E-state index contributed by atoms with van der Waals surface area (Å²) in [7, 11) is 0. The van der Waals surface area contributed by atoms with Gasteiger partial charge in [-0.05, 0) is 6.07 Å². The smallest absolute Gasteiger partial charge is 0.335 e. The standard InChI is InChI=1S/C7H6N2.C4H6O6/c1-2-4-7-6(3-1)8-5-9-7;5-1(3(7)8)2(6)4(9)10/h1-5H,(H,8,9);1-2,5-6H,(H,7,8)(H,9,10)/t;1-,2-/m.1/s1. The van der Waals surface area contributed by atoms with Crippen LogP contribution in [0.25, 0.3) is 0 Å². The lowest BCUT2D eigenvalue weighted by Crippen LogP contribution is -2.74. The number of nitrogens with two attached hydrogens (primary N) is 1. The summed E-state index contributed by atoms with van der Waals surface area (Å²) < 4.78 is 0. The van der Waals surface area contributed by atoms with Crippen LogP contribution in [0.2, 0.25) is 0 Å². The second-order valence-electron chi connectivity index (χ2n) is 3.55. The Morgan fingerprint density at radius 1 is 1.21 bits per heavy atom. The molecule has 1 aliphatic rings. The highest BCUT2D eigenvalue weighted by atomic mass is 16.4. The number of para-hydroxylation sites is 2. The van der Waals surface area contributed by atoms with Crippen molar-refractivity contribution in [3.05, 3.63) is 24.3 Å². The van der Waals surface area contributed by atoms with Gasteiger partial charge in [0.25, 0.3) is 0 Å².